The fourth-order valence-electron chi connectivity index (χ4n) is 16.1. The summed E-state index contributed by atoms with van der Waals surface area (Å²) in [6, 6.07) is 0. The fraction of sp³-hybridized carbons (Fsp3) is 0.873. The van der Waals surface area contributed by atoms with Crippen molar-refractivity contribution in [2.45, 2.75) is 224 Å². The molecule has 13 N–H and O–H groups in total. The van der Waals surface area contributed by atoms with E-state index in [1.807, 2.05) is 20.8 Å². The highest BCUT2D eigenvalue weighted by atomic mass is 16.8. The van der Waals surface area contributed by atoms with Crippen LogP contribution in [0.4, 0.5) is 0 Å². The first-order valence-corrected chi connectivity index (χ1v) is 27.7. The number of hydrogen-bond acceptors (Lipinski definition) is 23. The monoisotopic (exact) mass is 1130 g/mol. The van der Waals surface area contributed by atoms with E-state index in [2.05, 4.69) is 26.8 Å². The number of fused-ring (bicyclic) bond motifs is 7. The molecule has 8 aliphatic rings. The van der Waals surface area contributed by atoms with Crippen molar-refractivity contribution in [3.63, 3.8) is 0 Å². The van der Waals surface area contributed by atoms with Gasteiger partial charge in [0.15, 0.2) is 25.0 Å². The summed E-state index contributed by atoms with van der Waals surface area (Å²) in [6.07, 6.45) is -26.8. The van der Waals surface area contributed by atoms with E-state index >= 15 is 0 Å². The largest absolute Gasteiger partial charge is 0.479 e. The van der Waals surface area contributed by atoms with Gasteiger partial charge >= 0.3 is 17.9 Å². The number of aliphatic carboxylic acids is 1. The summed E-state index contributed by atoms with van der Waals surface area (Å²) in [4.78, 5) is 39.3. The Hall–Kier alpha value is -2.83. The molecular formula is C55H86O24. The molecule has 0 radical (unpaired) electrons. The summed E-state index contributed by atoms with van der Waals surface area (Å²) >= 11 is 0. The van der Waals surface area contributed by atoms with E-state index < -0.39 is 193 Å². The molecular weight excluding hydrogens is 1040 g/mol. The Morgan fingerprint density at radius 2 is 1.28 bits per heavy atom. The zero-order chi connectivity index (χ0) is 58.4. The first-order chi connectivity index (χ1) is 36.9. The molecule has 79 heavy (non-hydrogen) atoms. The number of carbonyl (C=O) groups excluding carboxylic acids is 2. The topological polar surface area (TPSA) is 388 Å². The number of carbonyl (C=O) groups is 3. The van der Waals surface area contributed by atoms with E-state index in [1.165, 1.54) is 6.92 Å². The molecule has 3 saturated heterocycles. The fourth-order valence-corrected chi connectivity index (χ4v) is 16.1. The van der Waals surface area contributed by atoms with E-state index in [9.17, 15) is 80.8 Å². The van der Waals surface area contributed by atoms with Gasteiger partial charge in [0.05, 0.1) is 43.5 Å². The molecule has 0 aromatic heterocycles. The Kier molecular flexibility index (Phi) is 17.8. The normalized spacial score (nSPS) is 50.6. The van der Waals surface area contributed by atoms with E-state index in [-0.39, 0.29) is 31.3 Å². The third kappa shape index (κ3) is 10.0. The van der Waals surface area contributed by atoms with Gasteiger partial charge in [-0.05, 0) is 98.2 Å². The Bertz CT molecular complexity index is 2290. The zero-order valence-electron chi connectivity index (χ0n) is 46.4. The van der Waals surface area contributed by atoms with E-state index in [0.717, 1.165) is 5.57 Å². The second kappa shape index (κ2) is 22.6. The molecule has 5 aliphatic carbocycles. The lowest BCUT2D eigenvalue weighted by Gasteiger charge is -2.72. The minimum Gasteiger partial charge on any atom is -0.479 e. The third-order valence-electron chi connectivity index (χ3n) is 21.1. The molecule has 0 unspecified atom stereocenters. The highest BCUT2D eigenvalue weighted by molar-refractivity contribution is 5.87. The maximum Gasteiger partial charge on any atom is 0.335 e. The number of allylic oxidation sites excluding steroid dienone is 3. The van der Waals surface area contributed by atoms with Crippen molar-refractivity contribution in [1.82, 2.24) is 0 Å². The van der Waals surface area contributed by atoms with E-state index in [0.29, 0.717) is 37.7 Å². The van der Waals surface area contributed by atoms with Gasteiger partial charge in [-0.2, -0.15) is 0 Å². The van der Waals surface area contributed by atoms with Crippen LogP contribution in [0.1, 0.15) is 107 Å². The third-order valence-corrected chi connectivity index (χ3v) is 21.1. The maximum atomic E-state index is 13.6. The summed E-state index contributed by atoms with van der Waals surface area (Å²) in [5.41, 5.74) is -3.85. The molecule has 7 fully saturated rings. The van der Waals surface area contributed by atoms with Crippen molar-refractivity contribution in [2.24, 2.45) is 50.2 Å². The number of ether oxygens (including phenoxy) is 8. The van der Waals surface area contributed by atoms with Gasteiger partial charge in [-0.25, -0.2) is 9.59 Å². The minimum atomic E-state index is -2.18. The Balaban J connectivity index is 1.13. The smallest absolute Gasteiger partial charge is 0.335 e. The molecule has 3 heterocycles. The number of rotatable bonds is 14. The van der Waals surface area contributed by atoms with Crippen LogP contribution in [0.15, 0.2) is 23.3 Å². The molecule has 27 atom stereocenters. The Morgan fingerprint density at radius 1 is 0.696 bits per heavy atom. The van der Waals surface area contributed by atoms with Gasteiger partial charge < -0.3 is 104 Å². The molecule has 24 heteroatoms. The summed E-state index contributed by atoms with van der Waals surface area (Å²) in [5, 5.41) is 144. The molecule has 0 aromatic carbocycles. The summed E-state index contributed by atoms with van der Waals surface area (Å²) in [7, 11) is 0. The van der Waals surface area contributed by atoms with Gasteiger partial charge in [0.1, 0.15) is 79.9 Å². The minimum absolute atomic E-state index is 0.0904. The first-order valence-electron chi connectivity index (χ1n) is 27.7. The number of carboxylic acid groups (broad SMARTS) is 1. The van der Waals surface area contributed by atoms with Gasteiger partial charge in [-0.3, -0.25) is 4.79 Å². The summed E-state index contributed by atoms with van der Waals surface area (Å²) in [5.74, 6) is -3.90. The zero-order valence-corrected chi connectivity index (χ0v) is 46.4. The van der Waals surface area contributed by atoms with Crippen LogP contribution in [0, 0.1) is 50.2 Å². The van der Waals surface area contributed by atoms with E-state index in [4.69, 9.17) is 37.9 Å². The van der Waals surface area contributed by atoms with Gasteiger partial charge in [0.2, 0.25) is 0 Å². The number of aliphatic hydroxyl groups excluding tert-OH is 12. The van der Waals surface area contributed by atoms with Crippen molar-refractivity contribution in [2.75, 3.05) is 26.4 Å². The van der Waals surface area contributed by atoms with Crippen molar-refractivity contribution < 1.29 is 119 Å². The average Bonchev–Trinajstić information content (AvgIpc) is 1.72. The van der Waals surface area contributed by atoms with Crippen LogP contribution in [-0.2, 0) is 52.3 Å². The van der Waals surface area contributed by atoms with Crippen LogP contribution >= 0.6 is 0 Å². The standard InChI is InChI=1S/C55H86O24/c1-10-23(2)46(71)79-44-43(68)50(4,5)17-26-25-11-12-30-51(6)15-14-32(52(7,21-58)29(51)13-16-53(30,8)54(25,9)18-31(60)55(26,44)22-72-24(3)59)75-49-41(77-48-38(66)36(64)34(62)28(20-57)74-48)39(67)40(42(78-49)45(69)70)76-47-37(65)35(63)33(61)27(19-56)73-47/h10-11,26-44,47-49,56-58,60-68H,12-22H2,1-9H3,(H,69,70)/t26-,27+,28+,29+,30+,31+,32-,33+,34+,35-,36-,37+,38+,39-,40-,41+,42-,43-,44-,47-,48-,49+,51-,52+,53+,54+,55-/m0/s1. The predicted octanol–water partition coefficient (Wildman–Crippen LogP) is -1.32. The highest BCUT2D eigenvalue weighted by Crippen LogP contribution is 2.76. The number of aliphatic hydroxyl groups is 12. The van der Waals surface area contributed by atoms with Crippen LogP contribution in [0.5, 0.6) is 0 Å². The van der Waals surface area contributed by atoms with Gasteiger partial charge in [0.25, 0.3) is 0 Å². The van der Waals surface area contributed by atoms with E-state index in [1.54, 1.807) is 19.9 Å². The van der Waals surface area contributed by atoms with Gasteiger partial charge in [-0.15, -0.1) is 0 Å². The van der Waals surface area contributed by atoms with Crippen LogP contribution in [-0.4, -0.2) is 227 Å². The first kappa shape index (κ1) is 62.2. The van der Waals surface area contributed by atoms with Crippen LogP contribution in [0.25, 0.3) is 0 Å². The average molecular weight is 1130 g/mol. The Labute approximate surface area is 459 Å². The highest BCUT2D eigenvalue weighted by Gasteiger charge is 2.74. The molecule has 0 bridgehead atoms. The molecule has 0 amide bonds. The number of carboxylic acids is 1. The van der Waals surface area contributed by atoms with Gasteiger partial charge in [0, 0.05) is 17.9 Å². The molecule has 450 valence electrons. The molecule has 3 aliphatic heterocycles. The lowest BCUT2D eigenvalue weighted by Crippen LogP contribution is -2.72. The molecule has 0 spiro atoms. The van der Waals surface area contributed by atoms with Crippen molar-refractivity contribution in [3.8, 4) is 0 Å². The lowest BCUT2D eigenvalue weighted by molar-refractivity contribution is -0.392. The van der Waals surface area contributed by atoms with Crippen LogP contribution < -0.4 is 0 Å². The quantitative estimate of drug-likeness (QED) is 0.0415. The molecule has 4 saturated carbocycles. The second-order valence-corrected chi connectivity index (χ2v) is 25.6. The van der Waals surface area contributed by atoms with Crippen molar-refractivity contribution in [1.29, 1.82) is 0 Å². The van der Waals surface area contributed by atoms with Crippen molar-refractivity contribution in [3.05, 3.63) is 23.3 Å². The molecule has 24 nitrogen and oxygen atoms in total. The van der Waals surface area contributed by atoms with Crippen LogP contribution in [0.2, 0.25) is 0 Å². The Morgan fingerprint density at radius 3 is 1.81 bits per heavy atom. The summed E-state index contributed by atoms with van der Waals surface area (Å²) < 4.78 is 47.9. The maximum absolute atomic E-state index is 13.6. The van der Waals surface area contributed by atoms with Crippen molar-refractivity contribution >= 4 is 17.9 Å². The lowest BCUT2D eigenvalue weighted by atomic mass is 9.33. The second-order valence-electron chi connectivity index (χ2n) is 25.6. The molecule has 8 rings (SSSR count). The summed E-state index contributed by atoms with van der Waals surface area (Å²) in [6.45, 7) is 14.3. The SMILES string of the molecule is CC=C(C)C(=O)O[C@H]1[C@H](O)C(C)(C)C[C@H]2C3=CC[C@@H]4[C@@]5(C)CC[C@H](O[C@@H]6O[C@H](C(=O)O)[C@@H](O[C@@H]7O[C@H](CO)[C@@H](O)[C@H](O)[C@H]7O)[C@H](O)[C@H]6O[C@@H]6O[C@H](CO)[C@@H](O)[C@H](O)[C@H]6O)[C@](C)(CO)[C@@H]5CC[C@@]4(C)[C@]3(C)C[C@@H](O)[C@]21COC(C)=O. The number of esters is 2. The van der Waals surface area contributed by atoms with Crippen LogP contribution in [0.3, 0.4) is 0 Å². The van der Waals surface area contributed by atoms with Gasteiger partial charge in [-0.1, -0.05) is 59.3 Å². The predicted molar refractivity (Wildman–Crippen MR) is 269 cm³/mol. The number of hydrogen-bond donors (Lipinski definition) is 13. The molecule has 0 aromatic rings.